The van der Waals surface area contributed by atoms with Crippen LogP contribution in [0.3, 0.4) is 0 Å². The van der Waals surface area contributed by atoms with E-state index >= 15 is 0 Å². The fourth-order valence-corrected chi connectivity index (χ4v) is 5.22. The van der Waals surface area contributed by atoms with Gasteiger partial charge in [0.1, 0.15) is 7.28 Å². The number of benzene rings is 1. The summed E-state index contributed by atoms with van der Waals surface area (Å²) in [6.45, 7) is 11.6. The van der Waals surface area contributed by atoms with Crippen molar-refractivity contribution < 1.29 is 4.79 Å². The molecule has 2 atom stereocenters. The number of nitrogens with one attached hydrogen (secondary N) is 1. The van der Waals surface area contributed by atoms with Crippen LogP contribution in [0.25, 0.3) is 0 Å². The molecule has 0 aliphatic carbocycles. The minimum absolute atomic E-state index is 0.109. The number of carbonyl (C=O) groups excluding carboxylic acids is 1. The van der Waals surface area contributed by atoms with Gasteiger partial charge in [-0.1, -0.05) is 43.6 Å². The van der Waals surface area contributed by atoms with E-state index in [0.29, 0.717) is 12.5 Å². The molecule has 165 valence electrons. The lowest BCUT2D eigenvalue weighted by Gasteiger charge is -2.44. The number of likely N-dealkylation sites (tertiary alicyclic amines) is 2. The van der Waals surface area contributed by atoms with Crippen LogP contribution in [0.15, 0.2) is 30.3 Å². The molecule has 1 radical (unpaired) electrons. The average Bonchev–Trinajstić information content (AvgIpc) is 3.19. The quantitative estimate of drug-likeness (QED) is 0.594. The van der Waals surface area contributed by atoms with Crippen LogP contribution in [-0.4, -0.2) is 66.7 Å². The van der Waals surface area contributed by atoms with E-state index in [1.165, 1.54) is 57.3 Å². The first-order valence-electron chi connectivity index (χ1n) is 12.1. The Labute approximate surface area is 185 Å². The molecule has 5 heteroatoms. The third kappa shape index (κ3) is 6.85. The molecule has 0 bridgehead atoms. The van der Waals surface area contributed by atoms with Gasteiger partial charge in [0.2, 0.25) is 5.91 Å². The van der Waals surface area contributed by atoms with Crippen molar-refractivity contribution in [1.29, 1.82) is 0 Å². The zero-order valence-corrected chi connectivity index (χ0v) is 19.4. The Morgan fingerprint density at radius 1 is 1.13 bits per heavy atom. The van der Waals surface area contributed by atoms with Gasteiger partial charge in [-0.3, -0.25) is 14.6 Å². The third-order valence-electron chi connectivity index (χ3n) is 7.05. The molecule has 2 aliphatic heterocycles. The summed E-state index contributed by atoms with van der Waals surface area (Å²) in [6, 6.07) is 11.0. The summed E-state index contributed by atoms with van der Waals surface area (Å²) in [6.07, 6.45) is 9.03. The SMILES string of the molecule is C[B]C(Cc1ccccc1)NC(=O)CCC1CCCN1CC(C)(C)N1CCCCC1. The van der Waals surface area contributed by atoms with Crippen LogP contribution in [-0.2, 0) is 11.2 Å². The molecule has 0 spiro atoms. The zero-order chi connectivity index (χ0) is 21.4. The van der Waals surface area contributed by atoms with Crippen molar-refractivity contribution in [2.75, 3.05) is 26.2 Å². The van der Waals surface area contributed by atoms with Gasteiger partial charge in [0.15, 0.2) is 0 Å². The van der Waals surface area contributed by atoms with E-state index in [2.05, 4.69) is 60.5 Å². The van der Waals surface area contributed by atoms with Crippen LogP contribution in [0, 0.1) is 0 Å². The van der Waals surface area contributed by atoms with Crippen LogP contribution in [0.4, 0.5) is 0 Å². The lowest BCUT2D eigenvalue weighted by Crippen LogP contribution is -2.54. The summed E-state index contributed by atoms with van der Waals surface area (Å²) in [5.41, 5.74) is 1.49. The molecular formula is C25H41BN3O. The topological polar surface area (TPSA) is 35.6 Å². The zero-order valence-electron chi connectivity index (χ0n) is 19.4. The minimum Gasteiger partial charge on any atom is -0.361 e. The van der Waals surface area contributed by atoms with E-state index in [0.717, 1.165) is 19.4 Å². The number of hydrogen-bond donors (Lipinski definition) is 1. The Morgan fingerprint density at radius 2 is 1.87 bits per heavy atom. The summed E-state index contributed by atoms with van der Waals surface area (Å²) in [5, 5.41) is 3.23. The highest BCUT2D eigenvalue weighted by molar-refractivity contribution is 6.36. The third-order valence-corrected chi connectivity index (χ3v) is 7.05. The maximum Gasteiger partial charge on any atom is 0.219 e. The fraction of sp³-hybridized carbons (Fsp3) is 0.720. The van der Waals surface area contributed by atoms with E-state index in [1.807, 2.05) is 12.9 Å². The highest BCUT2D eigenvalue weighted by Gasteiger charge is 2.34. The van der Waals surface area contributed by atoms with Crippen LogP contribution >= 0.6 is 0 Å². The second kappa shape index (κ2) is 11.3. The molecule has 0 saturated carbocycles. The van der Waals surface area contributed by atoms with Crippen molar-refractivity contribution in [1.82, 2.24) is 15.1 Å². The second-order valence-corrected chi connectivity index (χ2v) is 9.86. The van der Waals surface area contributed by atoms with Crippen molar-refractivity contribution in [2.24, 2.45) is 0 Å². The molecular weight excluding hydrogens is 369 g/mol. The van der Waals surface area contributed by atoms with Crippen molar-refractivity contribution in [2.45, 2.75) is 89.6 Å². The fourth-order valence-electron chi connectivity index (χ4n) is 5.22. The van der Waals surface area contributed by atoms with Crippen LogP contribution in [0.1, 0.15) is 64.4 Å². The van der Waals surface area contributed by atoms with E-state index < -0.39 is 0 Å². The van der Waals surface area contributed by atoms with Gasteiger partial charge in [-0.15, -0.1) is 0 Å². The highest BCUT2D eigenvalue weighted by Crippen LogP contribution is 2.27. The second-order valence-electron chi connectivity index (χ2n) is 9.86. The van der Waals surface area contributed by atoms with Gasteiger partial charge in [0.05, 0.1) is 0 Å². The molecule has 2 fully saturated rings. The lowest BCUT2D eigenvalue weighted by molar-refractivity contribution is -0.121. The number of amides is 1. The van der Waals surface area contributed by atoms with Crippen LogP contribution < -0.4 is 5.32 Å². The molecule has 1 amide bonds. The highest BCUT2D eigenvalue weighted by atomic mass is 16.1. The average molecular weight is 410 g/mol. The smallest absolute Gasteiger partial charge is 0.219 e. The van der Waals surface area contributed by atoms with E-state index in [-0.39, 0.29) is 17.4 Å². The van der Waals surface area contributed by atoms with Gasteiger partial charge in [-0.25, -0.2) is 0 Å². The van der Waals surface area contributed by atoms with E-state index in [9.17, 15) is 4.79 Å². The largest absolute Gasteiger partial charge is 0.361 e. The van der Waals surface area contributed by atoms with Gasteiger partial charge in [0.25, 0.3) is 0 Å². The molecule has 1 aromatic carbocycles. The molecule has 2 unspecified atom stereocenters. The molecule has 4 nitrogen and oxygen atoms in total. The predicted octanol–water partition coefficient (Wildman–Crippen LogP) is 3.93. The Kier molecular flexibility index (Phi) is 8.82. The molecule has 2 saturated heterocycles. The maximum atomic E-state index is 12.6. The van der Waals surface area contributed by atoms with Crippen LogP contribution in [0.2, 0.25) is 6.82 Å². The predicted molar refractivity (Wildman–Crippen MR) is 127 cm³/mol. The number of carbonyl (C=O) groups is 1. The normalized spacial score (nSPS) is 22.0. The summed E-state index contributed by atoms with van der Waals surface area (Å²) in [4.78, 5) is 18.0. The molecule has 3 rings (SSSR count). The standard InChI is InChI=1S/C25H41BN3O/c1-25(2,29-17-8-5-9-18-29)20-28-16-10-13-22(28)14-15-24(30)27-23(26-3)19-21-11-6-4-7-12-21/h4,6-7,11-12,22-23H,5,8-10,13-20H2,1-3H3,(H,27,30). The first-order chi connectivity index (χ1) is 14.5. The summed E-state index contributed by atoms with van der Waals surface area (Å²) in [7, 11) is 2.11. The number of rotatable bonds is 10. The Hall–Kier alpha value is -1.33. The lowest BCUT2D eigenvalue weighted by atomic mass is 9.70. The summed E-state index contributed by atoms with van der Waals surface area (Å²) >= 11 is 0. The first-order valence-corrected chi connectivity index (χ1v) is 12.1. The van der Waals surface area contributed by atoms with Crippen molar-refractivity contribution in [3.8, 4) is 0 Å². The van der Waals surface area contributed by atoms with Gasteiger partial charge < -0.3 is 5.32 Å². The summed E-state index contributed by atoms with van der Waals surface area (Å²) in [5.74, 6) is 0.300. The molecule has 30 heavy (non-hydrogen) atoms. The molecule has 0 aromatic heterocycles. The van der Waals surface area contributed by atoms with Gasteiger partial charge >= 0.3 is 0 Å². The Balaban J connectivity index is 1.45. The Morgan fingerprint density at radius 3 is 2.57 bits per heavy atom. The van der Waals surface area contributed by atoms with Gasteiger partial charge in [0, 0.05) is 30.5 Å². The van der Waals surface area contributed by atoms with E-state index in [4.69, 9.17) is 0 Å². The molecule has 1 aromatic rings. The molecule has 1 N–H and O–H groups in total. The van der Waals surface area contributed by atoms with E-state index in [1.54, 1.807) is 0 Å². The molecule has 2 heterocycles. The van der Waals surface area contributed by atoms with Gasteiger partial charge in [-0.05, 0) is 77.6 Å². The summed E-state index contributed by atoms with van der Waals surface area (Å²) < 4.78 is 0. The number of nitrogens with zero attached hydrogens (tertiary/aromatic N) is 2. The maximum absolute atomic E-state index is 12.6. The Bertz CT molecular complexity index is 645. The number of hydrogen-bond acceptors (Lipinski definition) is 3. The first kappa shape index (κ1) is 23.3. The van der Waals surface area contributed by atoms with Crippen molar-refractivity contribution >= 4 is 13.2 Å². The monoisotopic (exact) mass is 410 g/mol. The van der Waals surface area contributed by atoms with Gasteiger partial charge in [-0.2, -0.15) is 0 Å². The van der Waals surface area contributed by atoms with Crippen LogP contribution in [0.5, 0.6) is 0 Å². The molecule has 2 aliphatic rings. The minimum atomic E-state index is 0.109. The van der Waals surface area contributed by atoms with Crippen molar-refractivity contribution in [3.63, 3.8) is 0 Å². The van der Waals surface area contributed by atoms with Crippen molar-refractivity contribution in [3.05, 3.63) is 35.9 Å². The number of piperidine rings is 1.